The Morgan fingerprint density at radius 1 is 1.06 bits per heavy atom. The summed E-state index contributed by atoms with van der Waals surface area (Å²) in [5.74, 6) is -0.0525. The molecule has 0 aromatic carbocycles. The molecule has 0 radical (unpaired) electrons. The predicted molar refractivity (Wildman–Crippen MR) is 115 cm³/mol. The minimum Gasteiger partial charge on any atom is -0.726 e. The molecule has 1 rings (SSSR count). The summed E-state index contributed by atoms with van der Waals surface area (Å²) in [5, 5.41) is 0. The molecule has 0 fully saturated rings. The molecule has 11 heteroatoms. The average molecular weight is 466 g/mol. The van der Waals surface area contributed by atoms with E-state index in [4.69, 9.17) is 9.47 Å². The van der Waals surface area contributed by atoms with Gasteiger partial charge in [-0.15, -0.1) is 0 Å². The van der Waals surface area contributed by atoms with E-state index < -0.39 is 10.4 Å². The molecular formula is C20H39N3O7S. The number of ether oxygens (including phenoxy) is 2. The van der Waals surface area contributed by atoms with Crippen LogP contribution in [0.15, 0.2) is 18.7 Å². The van der Waals surface area contributed by atoms with E-state index >= 15 is 0 Å². The molecular weight excluding hydrogens is 426 g/mol. The molecule has 1 aromatic heterocycles. The molecule has 182 valence electrons. The van der Waals surface area contributed by atoms with Crippen molar-refractivity contribution in [2.24, 2.45) is 0 Å². The second-order valence-electron chi connectivity index (χ2n) is 7.15. The van der Waals surface area contributed by atoms with E-state index in [-0.39, 0.29) is 31.0 Å². The van der Waals surface area contributed by atoms with E-state index in [0.29, 0.717) is 6.42 Å². The highest BCUT2D eigenvalue weighted by Crippen LogP contribution is 2.12. The van der Waals surface area contributed by atoms with Gasteiger partial charge in [0.2, 0.25) is 16.7 Å². The third-order valence-electron chi connectivity index (χ3n) is 4.82. The highest BCUT2D eigenvalue weighted by atomic mass is 32.3. The fraction of sp³-hybridized carbons (Fsp3) is 0.800. The molecule has 0 saturated carbocycles. The zero-order chi connectivity index (χ0) is 23.9. The maximum absolute atomic E-state index is 12.5. The quantitative estimate of drug-likeness (QED) is 0.147. The van der Waals surface area contributed by atoms with Crippen LogP contribution in [-0.4, -0.2) is 62.0 Å². The Morgan fingerprint density at radius 3 is 2.06 bits per heavy atom. The molecule has 0 aliphatic rings. The largest absolute Gasteiger partial charge is 0.726 e. The fourth-order valence-corrected chi connectivity index (χ4v) is 3.13. The van der Waals surface area contributed by atoms with Crippen LogP contribution in [0.2, 0.25) is 0 Å². The van der Waals surface area contributed by atoms with Crippen LogP contribution in [0.1, 0.15) is 72.3 Å². The van der Waals surface area contributed by atoms with Gasteiger partial charge in [0.05, 0.1) is 6.61 Å². The van der Waals surface area contributed by atoms with Gasteiger partial charge in [0, 0.05) is 14.2 Å². The number of rotatable bonds is 14. The van der Waals surface area contributed by atoms with Crippen molar-refractivity contribution in [1.82, 2.24) is 9.88 Å². The Kier molecular flexibility index (Phi) is 15.4. The number of hydrogen-bond acceptors (Lipinski definition) is 7. The topological polar surface area (TPSA) is 125 Å². The molecule has 31 heavy (non-hydrogen) atoms. The molecule has 0 aliphatic heterocycles. The molecule has 0 bridgehead atoms. The van der Waals surface area contributed by atoms with Crippen molar-refractivity contribution in [2.45, 2.75) is 84.7 Å². The van der Waals surface area contributed by atoms with Crippen molar-refractivity contribution in [3.63, 3.8) is 0 Å². The van der Waals surface area contributed by atoms with Crippen molar-refractivity contribution < 1.29 is 36.0 Å². The molecule has 3 unspecified atom stereocenters. The molecule has 1 N–H and O–H groups in total. The first-order valence-corrected chi connectivity index (χ1v) is 11.9. The van der Waals surface area contributed by atoms with Crippen molar-refractivity contribution in [3.05, 3.63) is 18.7 Å². The smallest absolute Gasteiger partial charge is 0.271 e. The fourth-order valence-electron chi connectivity index (χ4n) is 2.81. The number of methoxy groups -OCH3 is 2. The average Bonchev–Trinajstić information content (AvgIpc) is 3.26. The van der Waals surface area contributed by atoms with E-state index in [1.54, 1.807) is 36.2 Å². The second-order valence-corrected chi connectivity index (χ2v) is 8.20. The summed E-state index contributed by atoms with van der Waals surface area (Å²) in [6.45, 7) is 7.64. The number of amides is 1. The second kappa shape index (κ2) is 16.2. The van der Waals surface area contributed by atoms with E-state index in [0.717, 1.165) is 12.8 Å². The van der Waals surface area contributed by atoms with Crippen molar-refractivity contribution >= 4 is 16.3 Å². The van der Waals surface area contributed by atoms with Crippen LogP contribution in [0.5, 0.6) is 0 Å². The Bertz CT molecular complexity index is 673. The summed E-state index contributed by atoms with van der Waals surface area (Å²) in [6, 6.07) is -0.313. The van der Waals surface area contributed by atoms with Gasteiger partial charge in [-0.25, -0.2) is 13.0 Å². The van der Waals surface area contributed by atoms with Crippen LogP contribution in [0.4, 0.5) is 0 Å². The summed E-state index contributed by atoms with van der Waals surface area (Å²) >= 11 is 0. The molecule has 1 amide bonds. The molecule has 3 atom stereocenters. The van der Waals surface area contributed by atoms with Crippen LogP contribution in [-0.2, 0) is 28.9 Å². The lowest BCUT2D eigenvalue weighted by atomic mass is 10.1. The van der Waals surface area contributed by atoms with Crippen molar-refractivity contribution in [1.29, 1.82) is 0 Å². The number of hydrogen-bond donors (Lipinski definition) is 1. The van der Waals surface area contributed by atoms with Crippen LogP contribution in [0.25, 0.3) is 0 Å². The standard InChI is InChI=1S/C12H21N3O3.C8H18O4S/c1-9(14-7-6-13-8-14)12(16)15(10(2)17-4)11(3)18-5;1-2-3-4-5-6-7-8-12-13(9,10)11/h6-11H,1-5H3;2-8H2,1H3,(H,9,10,11). The number of H-pyrrole nitrogens is 1. The van der Waals surface area contributed by atoms with Crippen molar-refractivity contribution in [3.8, 4) is 0 Å². The number of carbonyl (C=O) groups excluding carboxylic acids is 1. The zero-order valence-corrected chi connectivity index (χ0v) is 20.4. The molecule has 0 aliphatic carbocycles. The molecule has 0 spiro atoms. The van der Waals surface area contributed by atoms with Gasteiger partial charge < -0.3 is 14.0 Å². The van der Waals surface area contributed by atoms with Gasteiger partial charge in [-0.1, -0.05) is 39.0 Å². The van der Waals surface area contributed by atoms with Gasteiger partial charge in [0.25, 0.3) is 5.91 Å². The first kappa shape index (κ1) is 29.5. The van der Waals surface area contributed by atoms with Crippen LogP contribution in [0.3, 0.4) is 0 Å². The molecule has 0 saturated heterocycles. The van der Waals surface area contributed by atoms with E-state index in [1.165, 1.54) is 19.3 Å². The first-order valence-electron chi connectivity index (χ1n) is 10.6. The summed E-state index contributed by atoms with van der Waals surface area (Å²) in [4.78, 5) is 17.0. The summed E-state index contributed by atoms with van der Waals surface area (Å²) < 4.78 is 46.3. The van der Waals surface area contributed by atoms with E-state index in [9.17, 15) is 17.8 Å². The highest BCUT2D eigenvalue weighted by Gasteiger charge is 2.32. The Hall–Kier alpha value is -1.53. The summed E-state index contributed by atoms with van der Waals surface area (Å²) in [7, 11) is -1.33. The number of unbranched alkanes of at least 4 members (excludes halogenated alkanes) is 5. The Balaban J connectivity index is 0.000000615. The third-order valence-corrected chi connectivity index (χ3v) is 5.27. The molecule has 1 heterocycles. The van der Waals surface area contributed by atoms with Gasteiger partial charge in [0.15, 0.2) is 6.04 Å². The van der Waals surface area contributed by atoms with Crippen molar-refractivity contribution in [2.75, 3.05) is 20.8 Å². The lowest BCUT2D eigenvalue weighted by molar-refractivity contribution is -0.705. The Morgan fingerprint density at radius 2 is 1.61 bits per heavy atom. The van der Waals surface area contributed by atoms with E-state index in [1.807, 2.05) is 27.0 Å². The van der Waals surface area contributed by atoms with Crippen LogP contribution >= 0.6 is 0 Å². The maximum Gasteiger partial charge on any atom is 0.271 e. The highest BCUT2D eigenvalue weighted by molar-refractivity contribution is 7.80. The molecule has 10 nitrogen and oxygen atoms in total. The minimum absolute atomic E-state index is 0.0258. The predicted octanol–water partition coefficient (Wildman–Crippen LogP) is 2.50. The number of aromatic nitrogens is 2. The number of imidazole rings is 1. The number of carbonyl (C=O) groups is 1. The van der Waals surface area contributed by atoms with Gasteiger partial charge in [-0.3, -0.25) is 18.9 Å². The monoisotopic (exact) mass is 465 g/mol. The minimum atomic E-state index is -4.47. The van der Waals surface area contributed by atoms with Gasteiger partial charge in [-0.05, 0) is 27.2 Å². The number of nitrogens with one attached hydrogen (secondary N) is 1. The van der Waals surface area contributed by atoms with Gasteiger partial charge in [-0.2, -0.15) is 0 Å². The number of nitrogens with zero attached hydrogens (tertiary/aromatic N) is 2. The summed E-state index contributed by atoms with van der Waals surface area (Å²) in [6.07, 6.45) is 10.9. The third kappa shape index (κ3) is 12.8. The number of aromatic amines is 1. The SMILES string of the molecule is CCCCCCCCOS(=O)(=O)[O-].COC(C)N(C(=O)C(C)[n+]1cc[nH]c1)C(C)OC. The van der Waals surface area contributed by atoms with Crippen LogP contribution < -0.4 is 4.57 Å². The summed E-state index contributed by atoms with van der Waals surface area (Å²) in [5.41, 5.74) is 0. The first-order chi connectivity index (χ1) is 14.6. The lowest BCUT2D eigenvalue weighted by Crippen LogP contribution is -2.53. The van der Waals surface area contributed by atoms with Crippen LogP contribution in [0, 0.1) is 0 Å². The lowest BCUT2D eigenvalue weighted by Gasteiger charge is -2.33. The normalized spacial score (nSPS) is 14.3. The molecule has 1 aromatic rings. The van der Waals surface area contributed by atoms with Gasteiger partial charge in [0.1, 0.15) is 24.8 Å². The van der Waals surface area contributed by atoms with Gasteiger partial charge >= 0.3 is 0 Å². The zero-order valence-electron chi connectivity index (χ0n) is 19.6. The maximum atomic E-state index is 12.5. The Labute approximate surface area is 186 Å². The van der Waals surface area contributed by atoms with E-state index in [2.05, 4.69) is 16.1 Å².